The van der Waals surface area contributed by atoms with Crippen molar-refractivity contribution in [1.82, 2.24) is 14.3 Å². The van der Waals surface area contributed by atoms with E-state index in [1.807, 2.05) is 30.3 Å². The molecule has 6 heteroatoms. The number of nitriles is 1. The average molecular weight is 520 g/mol. The first-order valence-corrected chi connectivity index (χ1v) is 13.6. The molecule has 2 aromatic heterocycles. The molecule has 5 nitrogen and oxygen atoms in total. The van der Waals surface area contributed by atoms with Crippen molar-refractivity contribution < 1.29 is 0 Å². The number of rotatable bonds is 5. The molecule has 1 aliphatic rings. The van der Waals surface area contributed by atoms with Gasteiger partial charge >= 0.3 is 0 Å². The second kappa shape index (κ2) is 10.1. The van der Waals surface area contributed by atoms with Gasteiger partial charge in [-0.1, -0.05) is 73.1 Å². The Bertz CT molecular complexity index is 1640. The number of hydrogen-bond donors (Lipinski definition) is 0. The standard InChI is InChI=1S/C32H30ClN5/c1-3-26-22(2)27(21-34)31-35-28-11-7-8-12-29(28)38(31)32(26)37-19-17-36(18-20-37)30(23-9-5-4-6-10-23)24-13-15-25(33)16-14-24/h4-16,30H,3,17-20H2,1-2H3/t30-/m0/s1. The van der Waals surface area contributed by atoms with E-state index in [2.05, 4.69) is 82.6 Å². The van der Waals surface area contributed by atoms with Gasteiger partial charge in [0.05, 0.1) is 22.6 Å². The van der Waals surface area contributed by atoms with E-state index in [0.29, 0.717) is 5.56 Å². The summed E-state index contributed by atoms with van der Waals surface area (Å²) < 4.78 is 2.23. The molecular weight excluding hydrogens is 490 g/mol. The number of piperazine rings is 1. The lowest BCUT2D eigenvalue weighted by molar-refractivity contribution is 0.212. The van der Waals surface area contributed by atoms with Gasteiger partial charge < -0.3 is 4.90 Å². The van der Waals surface area contributed by atoms with E-state index in [-0.39, 0.29) is 6.04 Å². The Kier molecular flexibility index (Phi) is 6.53. The van der Waals surface area contributed by atoms with Crippen molar-refractivity contribution >= 4 is 34.1 Å². The minimum absolute atomic E-state index is 0.165. The number of imidazole rings is 1. The van der Waals surface area contributed by atoms with Crippen molar-refractivity contribution in [2.24, 2.45) is 0 Å². The highest BCUT2D eigenvalue weighted by molar-refractivity contribution is 6.30. The Labute approximate surface area is 228 Å². The summed E-state index contributed by atoms with van der Waals surface area (Å²) in [7, 11) is 0. The molecule has 0 amide bonds. The van der Waals surface area contributed by atoms with Gasteiger partial charge in [0.15, 0.2) is 5.65 Å². The third-order valence-corrected chi connectivity index (χ3v) is 8.09. The fourth-order valence-electron chi connectivity index (χ4n) is 6.01. The molecule has 3 heterocycles. The smallest absolute Gasteiger partial charge is 0.157 e. The summed E-state index contributed by atoms with van der Waals surface area (Å²) in [5.41, 5.74) is 8.20. The quantitative estimate of drug-likeness (QED) is 0.256. The fourth-order valence-corrected chi connectivity index (χ4v) is 6.13. The summed E-state index contributed by atoms with van der Waals surface area (Å²) in [5.74, 6) is 1.18. The van der Waals surface area contributed by atoms with Gasteiger partial charge in [-0.3, -0.25) is 9.30 Å². The lowest BCUT2D eigenvalue weighted by atomic mass is 9.96. The van der Waals surface area contributed by atoms with Crippen molar-refractivity contribution in [3.05, 3.63) is 112 Å². The van der Waals surface area contributed by atoms with E-state index >= 15 is 0 Å². The van der Waals surface area contributed by atoms with Crippen molar-refractivity contribution in [3.8, 4) is 6.07 Å². The zero-order valence-electron chi connectivity index (χ0n) is 21.7. The van der Waals surface area contributed by atoms with E-state index in [0.717, 1.165) is 59.9 Å². The molecule has 0 bridgehead atoms. The molecule has 0 aliphatic carbocycles. The van der Waals surface area contributed by atoms with Crippen LogP contribution in [0.3, 0.4) is 0 Å². The molecule has 6 rings (SSSR count). The highest BCUT2D eigenvalue weighted by atomic mass is 35.5. The maximum atomic E-state index is 10.1. The number of halogens is 1. The number of pyridine rings is 1. The number of para-hydroxylation sites is 2. The highest BCUT2D eigenvalue weighted by Gasteiger charge is 2.30. The zero-order chi connectivity index (χ0) is 26.2. The second-order valence-corrected chi connectivity index (χ2v) is 10.4. The summed E-state index contributed by atoms with van der Waals surface area (Å²) in [6, 6.07) is 29.8. The lowest BCUT2D eigenvalue weighted by Crippen LogP contribution is -2.48. The molecule has 0 N–H and O–H groups in total. The van der Waals surface area contributed by atoms with Crippen molar-refractivity contribution in [2.45, 2.75) is 26.3 Å². The second-order valence-electron chi connectivity index (χ2n) is 9.91. The normalized spacial score (nSPS) is 15.2. The van der Waals surface area contributed by atoms with E-state index in [1.54, 1.807) is 0 Å². The Morgan fingerprint density at radius 2 is 1.55 bits per heavy atom. The van der Waals surface area contributed by atoms with Gasteiger partial charge in [-0.2, -0.15) is 5.26 Å². The Balaban J connectivity index is 1.40. The predicted octanol–water partition coefficient (Wildman–Crippen LogP) is 6.80. The fraction of sp³-hybridized carbons (Fsp3) is 0.250. The zero-order valence-corrected chi connectivity index (χ0v) is 22.5. The van der Waals surface area contributed by atoms with Crippen LogP contribution in [0.4, 0.5) is 5.82 Å². The first-order chi connectivity index (χ1) is 18.6. The third kappa shape index (κ3) is 4.11. The van der Waals surface area contributed by atoms with Crippen LogP contribution in [0, 0.1) is 18.3 Å². The van der Waals surface area contributed by atoms with Crippen LogP contribution in [0.1, 0.15) is 40.8 Å². The molecule has 3 aromatic carbocycles. The van der Waals surface area contributed by atoms with Crippen LogP contribution in [0.25, 0.3) is 16.7 Å². The van der Waals surface area contributed by atoms with Gasteiger partial charge in [0.1, 0.15) is 11.9 Å². The van der Waals surface area contributed by atoms with Gasteiger partial charge in [-0.15, -0.1) is 0 Å². The minimum Gasteiger partial charge on any atom is -0.355 e. The Morgan fingerprint density at radius 1 is 0.895 bits per heavy atom. The number of fused-ring (bicyclic) bond motifs is 3. The first kappa shape index (κ1) is 24.5. The third-order valence-electron chi connectivity index (χ3n) is 7.84. The molecule has 1 atom stereocenters. The molecular formula is C32H30ClN5. The maximum Gasteiger partial charge on any atom is 0.157 e. The van der Waals surface area contributed by atoms with Gasteiger partial charge in [0, 0.05) is 31.2 Å². The molecule has 0 radical (unpaired) electrons. The molecule has 0 saturated carbocycles. The van der Waals surface area contributed by atoms with Gasteiger partial charge in [-0.25, -0.2) is 4.98 Å². The SMILES string of the molecule is CCc1c(C)c(C#N)c2nc3ccccc3n2c1N1CCN([C@@H](c2ccccc2)c2ccc(Cl)cc2)CC1. The molecule has 1 aliphatic heterocycles. The molecule has 5 aromatic rings. The first-order valence-electron chi connectivity index (χ1n) is 13.2. The van der Waals surface area contributed by atoms with Crippen LogP contribution in [-0.4, -0.2) is 40.5 Å². The van der Waals surface area contributed by atoms with Crippen LogP contribution in [0.15, 0.2) is 78.9 Å². The van der Waals surface area contributed by atoms with E-state index in [1.165, 1.54) is 22.5 Å². The molecule has 1 fully saturated rings. The average Bonchev–Trinajstić information content (AvgIpc) is 3.33. The summed E-state index contributed by atoms with van der Waals surface area (Å²) in [5, 5.41) is 10.8. The van der Waals surface area contributed by atoms with Crippen LogP contribution in [0.5, 0.6) is 0 Å². The van der Waals surface area contributed by atoms with E-state index in [9.17, 15) is 5.26 Å². The summed E-state index contributed by atoms with van der Waals surface area (Å²) in [6.45, 7) is 7.85. The molecule has 38 heavy (non-hydrogen) atoms. The highest BCUT2D eigenvalue weighted by Crippen LogP contribution is 2.36. The number of aromatic nitrogens is 2. The van der Waals surface area contributed by atoms with Crippen molar-refractivity contribution in [1.29, 1.82) is 5.26 Å². The summed E-state index contributed by atoms with van der Waals surface area (Å²) in [4.78, 5) is 9.96. The van der Waals surface area contributed by atoms with E-state index < -0.39 is 0 Å². The number of hydrogen-bond acceptors (Lipinski definition) is 4. The molecule has 190 valence electrons. The predicted molar refractivity (Wildman–Crippen MR) is 155 cm³/mol. The number of nitrogens with zero attached hydrogens (tertiary/aromatic N) is 5. The molecule has 0 spiro atoms. The van der Waals surface area contributed by atoms with Gasteiger partial charge in [-0.05, 0) is 59.9 Å². The Morgan fingerprint density at radius 3 is 2.24 bits per heavy atom. The van der Waals surface area contributed by atoms with Gasteiger partial charge in [0.2, 0.25) is 0 Å². The number of benzene rings is 3. The summed E-state index contributed by atoms with van der Waals surface area (Å²) in [6.07, 6.45) is 0.857. The van der Waals surface area contributed by atoms with Crippen molar-refractivity contribution in [2.75, 3.05) is 31.1 Å². The van der Waals surface area contributed by atoms with Crippen LogP contribution in [-0.2, 0) is 6.42 Å². The number of anilines is 1. The Hall–Kier alpha value is -3.85. The van der Waals surface area contributed by atoms with Crippen LogP contribution in [0.2, 0.25) is 5.02 Å². The van der Waals surface area contributed by atoms with Crippen LogP contribution < -0.4 is 4.90 Å². The van der Waals surface area contributed by atoms with Crippen LogP contribution >= 0.6 is 11.6 Å². The minimum atomic E-state index is 0.165. The van der Waals surface area contributed by atoms with Gasteiger partial charge in [0.25, 0.3) is 0 Å². The monoisotopic (exact) mass is 519 g/mol. The largest absolute Gasteiger partial charge is 0.355 e. The van der Waals surface area contributed by atoms with Crippen molar-refractivity contribution in [3.63, 3.8) is 0 Å². The summed E-state index contributed by atoms with van der Waals surface area (Å²) >= 11 is 6.23. The molecule has 0 unspecified atom stereocenters. The lowest BCUT2D eigenvalue weighted by Gasteiger charge is -2.41. The topological polar surface area (TPSA) is 47.6 Å². The molecule has 1 saturated heterocycles. The van der Waals surface area contributed by atoms with E-state index in [4.69, 9.17) is 16.6 Å². The maximum absolute atomic E-state index is 10.1.